The molecule has 0 radical (unpaired) electrons. The highest BCUT2D eigenvalue weighted by atomic mass is 15.3. The quantitative estimate of drug-likeness (QED) is 0.635. The van der Waals surface area contributed by atoms with E-state index in [1.807, 2.05) is 7.05 Å². The minimum atomic E-state index is 0.637. The van der Waals surface area contributed by atoms with Crippen molar-refractivity contribution < 1.29 is 0 Å². The fourth-order valence-electron chi connectivity index (χ4n) is 1.81. The lowest BCUT2D eigenvalue weighted by atomic mass is 10.1. The molecule has 0 atom stereocenters. The van der Waals surface area contributed by atoms with Crippen molar-refractivity contribution in [2.75, 3.05) is 13.6 Å². The Balaban J connectivity index is 1.81. The molecule has 0 amide bonds. The van der Waals surface area contributed by atoms with Gasteiger partial charge in [0.25, 0.3) is 0 Å². The Hall–Kier alpha value is -1.51. The fraction of sp³-hybridized carbons (Fsp3) is 0.500. The third-order valence-corrected chi connectivity index (χ3v) is 3.25. The van der Waals surface area contributed by atoms with E-state index in [-0.39, 0.29) is 0 Å². The number of aliphatic imine (C=N–C) groups is 1. The van der Waals surface area contributed by atoms with Gasteiger partial charge in [-0.05, 0) is 31.7 Å². The summed E-state index contributed by atoms with van der Waals surface area (Å²) in [5.74, 6) is 0.680. The number of guanidine groups is 1. The van der Waals surface area contributed by atoms with Crippen molar-refractivity contribution >= 4 is 5.96 Å². The first-order chi connectivity index (χ1) is 8.16. The van der Waals surface area contributed by atoms with Crippen LogP contribution in [0.4, 0.5) is 0 Å². The molecule has 92 valence electrons. The largest absolute Gasteiger partial charge is 0.370 e. The molecule has 1 aromatic carbocycles. The van der Waals surface area contributed by atoms with E-state index in [2.05, 4.69) is 41.1 Å². The second-order valence-corrected chi connectivity index (χ2v) is 4.82. The molecule has 1 aliphatic rings. The maximum Gasteiger partial charge on any atom is 0.191 e. The first-order valence-electron chi connectivity index (χ1n) is 6.25. The molecule has 17 heavy (non-hydrogen) atoms. The summed E-state index contributed by atoms with van der Waals surface area (Å²) in [6, 6.07) is 9.23. The van der Waals surface area contributed by atoms with Crippen molar-refractivity contribution in [2.24, 2.45) is 10.7 Å². The molecule has 1 aliphatic carbocycles. The van der Waals surface area contributed by atoms with Crippen LogP contribution in [0.25, 0.3) is 0 Å². The second kappa shape index (κ2) is 5.21. The topological polar surface area (TPSA) is 41.6 Å². The van der Waals surface area contributed by atoms with E-state index < -0.39 is 0 Å². The normalized spacial score (nSPS) is 16.0. The van der Waals surface area contributed by atoms with Crippen molar-refractivity contribution in [3.63, 3.8) is 0 Å². The van der Waals surface area contributed by atoms with Gasteiger partial charge in [-0.1, -0.05) is 29.8 Å². The van der Waals surface area contributed by atoms with Crippen LogP contribution in [0.5, 0.6) is 0 Å². The monoisotopic (exact) mass is 231 g/mol. The third-order valence-electron chi connectivity index (χ3n) is 3.25. The van der Waals surface area contributed by atoms with Gasteiger partial charge < -0.3 is 10.6 Å². The lowest BCUT2D eigenvalue weighted by Crippen LogP contribution is -2.35. The molecule has 2 N–H and O–H groups in total. The molecule has 0 aliphatic heterocycles. The van der Waals surface area contributed by atoms with Crippen LogP contribution >= 0.6 is 0 Å². The number of hydrogen-bond acceptors (Lipinski definition) is 1. The molecule has 1 fully saturated rings. The lowest BCUT2D eigenvalue weighted by Gasteiger charge is -2.16. The molecule has 3 heteroatoms. The van der Waals surface area contributed by atoms with Gasteiger partial charge in [-0.25, -0.2) is 0 Å². The van der Waals surface area contributed by atoms with Gasteiger partial charge in [0, 0.05) is 19.6 Å². The van der Waals surface area contributed by atoms with E-state index in [1.54, 1.807) is 0 Å². The zero-order chi connectivity index (χ0) is 12.3. The van der Waals surface area contributed by atoms with Crippen LogP contribution in [0.3, 0.4) is 0 Å². The fourth-order valence-corrected chi connectivity index (χ4v) is 1.81. The van der Waals surface area contributed by atoms with E-state index in [9.17, 15) is 0 Å². The first kappa shape index (κ1) is 12.0. The molecule has 0 unspecified atom stereocenters. The molecule has 0 heterocycles. The summed E-state index contributed by atoms with van der Waals surface area (Å²) in [6.07, 6.45) is 3.47. The molecule has 1 saturated carbocycles. The number of benzene rings is 1. The van der Waals surface area contributed by atoms with Crippen LogP contribution in [-0.4, -0.2) is 30.5 Å². The zero-order valence-electron chi connectivity index (χ0n) is 10.7. The highest BCUT2D eigenvalue weighted by Gasteiger charge is 2.27. The standard InChI is InChI=1S/C14H21N3/c1-11-3-5-12(6-4-11)9-10-16-14(15)17(2)13-7-8-13/h3-6,13H,7-10H2,1-2H3,(H2,15,16). The van der Waals surface area contributed by atoms with Gasteiger partial charge >= 0.3 is 0 Å². The Morgan fingerprint density at radius 2 is 2.00 bits per heavy atom. The van der Waals surface area contributed by atoms with Gasteiger partial charge in [0.05, 0.1) is 0 Å². The summed E-state index contributed by atoms with van der Waals surface area (Å²) >= 11 is 0. The van der Waals surface area contributed by atoms with Gasteiger partial charge in [-0.2, -0.15) is 0 Å². The maximum absolute atomic E-state index is 5.92. The maximum atomic E-state index is 5.92. The Morgan fingerprint density at radius 3 is 2.59 bits per heavy atom. The van der Waals surface area contributed by atoms with Gasteiger partial charge in [0.15, 0.2) is 5.96 Å². The smallest absolute Gasteiger partial charge is 0.191 e. The number of rotatable bonds is 4. The predicted octanol–water partition coefficient (Wildman–Crippen LogP) is 1.95. The van der Waals surface area contributed by atoms with Crippen LogP contribution in [0.2, 0.25) is 0 Å². The summed E-state index contributed by atoms with van der Waals surface area (Å²) in [5, 5.41) is 0. The Bertz CT molecular complexity index is 390. The summed E-state index contributed by atoms with van der Waals surface area (Å²) < 4.78 is 0. The Morgan fingerprint density at radius 1 is 1.35 bits per heavy atom. The van der Waals surface area contributed by atoms with Crippen LogP contribution in [0.1, 0.15) is 24.0 Å². The van der Waals surface area contributed by atoms with Crippen LogP contribution < -0.4 is 5.73 Å². The van der Waals surface area contributed by atoms with Gasteiger partial charge in [0.1, 0.15) is 0 Å². The van der Waals surface area contributed by atoms with Crippen molar-refractivity contribution in [1.82, 2.24) is 4.90 Å². The second-order valence-electron chi connectivity index (χ2n) is 4.82. The summed E-state index contributed by atoms with van der Waals surface area (Å²) in [7, 11) is 2.03. The molecular formula is C14H21N3. The highest BCUT2D eigenvalue weighted by molar-refractivity contribution is 5.78. The minimum absolute atomic E-state index is 0.637. The van der Waals surface area contributed by atoms with Crippen LogP contribution in [0, 0.1) is 6.92 Å². The average molecular weight is 231 g/mol. The first-order valence-corrected chi connectivity index (χ1v) is 6.25. The van der Waals surface area contributed by atoms with E-state index in [4.69, 9.17) is 5.73 Å². The van der Waals surface area contributed by atoms with E-state index in [1.165, 1.54) is 24.0 Å². The molecule has 2 rings (SSSR count). The summed E-state index contributed by atoms with van der Waals surface area (Å²) in [6.45, 7) is 2.87. The van der Waals surface area contributed by atoms with Crippen molar-refractivity contribution in [1.29, 1.82) is 0 Å². The number of hydrogen-bond donors (Lipinski definition) is 1. The van der Waals surface area contributed by atoms with Crippen molar-refractivity contribution in [3.05, 3.63) is 35.4 Å². The number of aryl methyl sites for hydroxylation is 1. The number of nitrogens with zero attached hydrogens (tertiary/aromatic N) is 2. The van der Waals surface area contributed by atoms with E-state index in [0.29, 0.717) is 12.0 Å². The molecular weight excluding hydrogens is 210 g/mol. The molecule has 0 saturated heterocycles. The number of nitrogens with two attached hydrogens (primary N) is 1. The summed E-state index contributed by atoms with van der Waals surface area (Å²) in [5.41, 5.74) is 8.54. The van der Waals surface area contributed by atoms with E-state index in [0.717, 1.165) is 13.0 Å². The SMILES string of the molecule is Cc1ccc(CCN=C(N)N(C)C2CC2)cc1. The summed E-state index contributed by atoms with van der Waals surface area (Å²) in [4.78, 5) is 6.52. The molecule has 0 aromatic heterocycles. The molecule has 3 nitrogen and oxygen atoms in total. The Labute approximate surface area is 103 Å². The van der Waals surface area contributed by atoms with Gasteiger partial charge in [-0.15, -0.1) is 0 Å². The molecule has 0 spiro atoms. The van der Waals surface area contributed by atoms with Gasteiger partial charge in [-0.3, -0.25) is 4.99 Å². The lowest BCUT2D eigenvalue weighted by molar-refractivity contribution is 0.487. The highest BCUT2D eigenvalue weighted by Crippen LogP contribution is 2.24. The minimum Gasteiger partial charge on any atom is -0.370 e. The Kier molecular flexibility index (Phi) is 3.67. The molecule has 0 bridgehead atoms. The van der Waals surface area contributed by atoms with Crippen LogP contribution in [0.15, 0.2) is 29.3 Å². The van der Waals surface area contributed by atoms with E-state index >= 15 is 0 Å². The average Bonchev–Trinajstić information content (AvgIpc) is 3.14. The van der Waals surface area contributed by atoms with Crippen LogP contribution in [-0.2, 0) is 6.42 Å². The van der Waals surface area contributed by atoms with Crippen molar-refractivity contribution in [2.45, 2.75) is 32.2 Å². The van der Waals surface area contributed by atoms with Gasteiger partial charge in [0.2, 0.25) is 0 Å². The van der Waals surface area contributed by atoms with Crippen molar-refractivity contribution in [3.8, 4) is 0 Å². The predicted molar refractivity (Wildman–Crippen MR) is 72.2 cm³/mol. The third kappa shape index (κ3) is 3.48. The molecule has 1 aromatic rings. The zero-order valence-corrected chi connectivity index (χ0v) is 10.7.